The summed E-state index contributed by atoms with van der Waals surface area (Å²) in [5.74, 6) is -0.0162. The summed E-state index contributed by atoms with van der Waals surface area (Å²) < 4.78 is 0.806. The fourth-order valence-corrected chi connectivity index (χ4v) is 3.30. The van der Waals surface area contributed by atoms with Crippen LogP contribution < -0.4 is 5.32 Å². The second-order valence-corrected chi connectivity index (χ2v) is 6.49. The largest absolute Gasteiger partial charge is 0.337 e. The molecule has 0 spiro atoms. The highest BCUT2D eigenvalue weighted by Gasteiger charge is 2.23. The van der Waals surface area contributed by atoms with E-state index in [4.69, 9.17) is 0 Å². The SMILES string of the molecule is CN(C(=O)c1ccc2cncc(Br)c2n1)C1CCCNCC1. The van der Waals surface area contributed by atoms with Crippen LogP contribution in [0.2, 0.25) is 0 Å². The molecule has 1 aliphatic rings. The van der Waals surface area contributed by atoms with Gasteiger partial charge in [-0.25, -0.2) is 4.98 Å². The van der Waals surface area contributed by atoms with E-state index in [1.165, 1.54) is 0 Å². The molecule has 0 aliphatic carbocycles. The van der Waals surface area contributed by atoms with Gasteiger partial charge in [-0.05, 0) is 60.4 Å². The van der Waals surface area contributed by atoms with E-state index in [0.717, 1.165) is 47.7 Å². The lowest BCUT2D eigenvalue weighted by Crippen LogP contribution is -2.38. The third kappa shape index (κ3) is 3.13. The number of amides is 1. The lowest BCUT2D eigenvalue weighted by Gasteiger charge is -2.26. The molecule has 1 saturated heterocycles. The highest BCUT2D eigenvalue weighted by molar-refractivity contribution is 9.10. The minimum atomic E-state index is -0.0162. The Morgan fingerprint density at radius 2 is 2.18 bits per heavy atom. The van der Waals surface area contributed by atoms with Crippen LogP contribution in [-0.4, -0.2) is 47.0 Å². The van der Waals surface area contributed by atoms with E-state index in [9.17, 15) is 4.79 Å². The molecule has 0 radical (unpaired) electrons. The molecule has 6 heteroatoms. The van der Waals surface area contributed by atoms with Crippen LogP contribution in [0.15, 0.2) is 29.0 Å². The van der Waals surface area contributed by atoms with Gasteiger partial charge in [0.1, 0.15) is 5.69 Å². The second kappa shape index (κ2) is 6.71. The minimum Gasteiger partial charge on any atom is -0.337 e. The molecule has 2 aromatic rings. The molecule has 3 heterocycles. The smallest absolute Gasteiger partial charge is 0.272 e. The Kier molecular flexibility index (Phi) is 4.69. The van der Waals surface area contributed by atoms with Crippen LogP contribution in [0.3, 0.4) is 0 Å². The van der Waals surface area contributed by atoms with Crippen molar-refractivity contribution in [1.82, 2.24) is 20.2 Å². The minimum absolute atomic E-state index is 0.0162. The Balaban J connectivity index is 1.86. The monoisotopic (exact) mass is 362 g/mol. The van der Waals surface area contributed by atoms with Gasteiger partial charge in [-0.1, -0.05) is 0 Å². The zero-order chi connectivity index (χ0) is 15.5. The van der Waals surface area contributed by atoms with Crippen LogP contribution in [0.5, 0.6) is 0 Å². The number of rotatable bonds is 2. The van der Waals surface area contributed by atoms with E-state index >= 15 is 0 Å². The van der Waals surface area contributed by atoms with Crippen molar-refractivity contribution in [3.8, 4) is 0 Å². The van der Waals surface area contributed by atoms with Crippen molar-refractivity contribution >= 4 is 32.7 Å². The average molecular weight is 363 g/mol. The zero-order valence-electron chi connectivity index (χ0n) is 12.6. The molecule has 22 heavy (non-hydrogen) atoms. The first-order valence-corrected chi connectivity index (χ1v) is 8.34. The van der Waals surface area contributed by atoms with Crippen LogP contribution in [0.4, 0.5) is 0 Å². The maximum atomic E-state index is 12.7. The predicted octanol–water partition coefficient (Wildman–Crippen LogP) is 2.61. The van der Waals surface area contributed by atoms with Gasteiger partial charge in [-0.15, -0.1) is 0 Å². The Morgan fingerprint density at radius 3 is 3.05 bits per heavy atom. The summed E-state index contributed by atoms with van der Waals surface area (Å²) in [7, 11) is 1.88. The Bertz CT molecular complexity index is 683. The van der Waals surface area contributed by atoms with Gasteiger partial charge in [0, 0.05) is 30.9 Å². The number of hydrogen-bond donors (Lipinski definition) is 1. The van der Waals surface area contributed by atoms with Gasteiger partial charge in [0.2, 0.25) is 0 Å². The summed E-state index contributed by atoms with van der Waals surface area (Å²) in [5, 5.41) is 4.30. The summed E-state index contributed by atoms with van der Waals surface area (Å²) in [6, 6.07) is 3.96. The molecule has 1 N–H and O–H groups in total. The van der Waals surface area contributed by atoms with Crippen LogP contribution in [-0.2, 0) is 0 Å². The molecular formula is C16H19BrN4O. The number of hydrogen-bond acceptors (Lipinski definition) is 4. The molecule has 1 atom stereocenters. The summed E-state index contributed by atoms with van der Waals surface area (Å²) in [4.78, 5) is 23.2. The highest BCUT2D eigenvalue weighted by Crippen LogP contribution is 2.22. The van der Waals surface area contributed by atoms with Gasteiger partial charge in [-0.2, -0.15) is 0 Å². The van der Waals surface area contributed by atoms with Gasteiger partial charge in [0.05, 0.1) is 9.99 Å². The first-order valence-electron chi connectivity index (χ1n) is 7.55. The number of nitrogens with zero attached hydrogens (tertiary/aromatic N) is 3. The van der Waals surface area contributed by atoms with E-state index < -0.39 is 0 Å². The van der Waals surface area contributed by atoms with Gasteiger partial charge in [0.25, 0.3) is 5.91 Å². The van der Waals surface area contributed by atoms with E-state index in [2.05, 4.69) is 31.2 Å². The molecule has 5 nitrogen and oxygen atoms in total. The van der Waals surface area contributed by atoms with E-state index in [1.807, 2.05) is 18.0 Å². The van der Waals surface area contributed by atoms with Crippen LogP contribution in [0.25, 0.3) is 10.9 Å². The first-order chi connectivity index (χ1) is 10.7. The van der Waals surface area contributed by atoms with Crippen molar-refractivity contribution < 1.29 is 4.79 Å². The molecule has 0 saturated carbocycles. The molecule has 1 fully saturated rings. The predicted molar refractivity (Wildman–Crippen MR) is 89.8 cm³/mol. The normalized spacial score (nSPS) is 18.9. The van der Waals surface area contributed by atoms with Crippen LogP contribution in [0, 0.1) is 0 Å². The van der Waals surface area contributed by atoms with Gasteiger partial charge in [0.15, 0.2) is 0 Å². The molecule has 0 aromatic carbocycles. The third-order valence-corrected chi connectivity index (χ3v) is 4.77. The number of aromatic nitrogens is 2. The molecule has 3 rings (SSSR count). The van der Waals surface area contributed by atoms with Crippen molar-refractivity contribution in [2.75, 3.05) is 20.1 Å². The quantitative estimate of drug-likeness (QED) is 0.891. The lowest BCUT2D eigenvalue weighted by atomic mass is 10.1. The molecule has 0 bridgehead atoms. The molecule has 1 unspecified atom stereocenters. The Morgan fingerprint density at radius 1 is 1.32 bits per heavy atom. The van der Waals surface area contributed by atoms with E-state index in [0.29, 0.717) is 5.69 Å². The van der Waals surface area contributed by atoms with Crippen molar-refractivity contribution in [1.29, 1.82) is 0 Å². The maximum Gasteiger partial charge on any atom is 0.272 e. The number of fused-ring (bicyclic) bond motifs is 1. The summed E-state index contributed by atoms with van der Waals surface area (Å²) in [5.41, 5.74) is 1.26. The van der Waals surface area contributed by atoms with Crippen molar-refractivity contribution in [3.05, 3.63) is 34.7 Å². The number of nitrogens with one attached hydrogen (secondary N) is 1. The number of carbonyl (C=O) groups excluding carboxylic acids is 1. The highest BCUT2D eigenvalue weighted by atomic mass is 79.9. The third-order valence-electron chi connectivity index (χ3n) is 4.19. The number of carbonyl (C=O) groups is 1. The summed E-state index contributed by atoms with van der Waals surface area (Å²) in [6.45, 7) is 2.00. The molecule has 1 aliphatic heterocycles. The maximum absolute atomic E-state index is 12.7. The van der Waals surface area contributed by atoms with Crippen LogP contribution >= 0.6 is 15.9 Å². The van der Waals surface area contributed by atoms with Crippen molar-refractivity contribution in [2.45, 2.75) is 25.3 Å². The van der Waals surface area contributed by atoms with E-state index in [1.54, 1.807) is 18.5 Å². The zero-order valence-corrected chi connectivity index (χ0v) is 14.1. The van der Waals surface area contributed by atoms with Gasteiger partial charge >= 0.3 is 0 Å². The van der Waals surface area contributed by atoms with Crippen molar-refractivity contribution in [3.63, 3.8) is 0 Å². The topological polar surface area (TPSA) is 58.1 Å². The fraction of sp³-hybridized carbons (Fsp3) is 0.438. The molecular weight excluding hydrogens is 344 g/mol. The Hall–Kier alpha value is -1.53. The fourth-order valence-electron chi connectivity index (χ4n) is 2.86. The second-order valence-electron chi connectivity index (χ2n) is 5.64. The Labute approximate surface area is 138 Å². The lowest BCUT2D eigenvalue weighted by molar-refractivity contribution is 0.0715. The molecule has 1 amide bonds. The van der Waals surface area contributed by atoms with Crippen molar-refractivity contribution in [2.24, 2.45) is 0 Å². The molecule has 2 aromatic heterocycles. The van der Waals surface area contributed by atoms with Crippen LogP contribution in [0.1, 0.15) is 29.8 Å². The summed E-state index contributed by atoms with van der Waals surface area (Å²) >= 11 is 3.45. The number of halogens is 1. The van der Waals surface area contributed by atoms with E-state index in [-0.39, 0.29) is 11.9 Å². The summed E-state index contributed by atoms with van der Waals surface area (Å²) in [6.07, 6.45) is 6.58. The standard InChI is InChI=1S/C16H19BrN4O/c1-21(12-3-2-7-18-8-6-12)16(22)14-5-4-11-9-19-10-13(17)15(11)20-14/h4-5,9-10,12,18H,2-3,6-8H2,1H3. The average Bonchev–Trinajstić information content (AvgIpc) is 2.83. The first kappa shape index (κ1) is 15.4. The van der Waals surface area contributed by atoms with Gasteiger partial charge < -0.3 is 10.2 Å². The molecule has 116 valence electrons. The number of pyridine rings is 2. The van der Waals surface area contributed by atoms with Gasteiger partial charge in [-0.3, -0.25) is 9.78 Å².